The second-order valence-electron chi connectivity index (χ2n) is 6.68. The summed E-state index contributed by atoms with van der Waals surface area (Å²) in [6, 6.07) is 16.9. The highest BCUT2D eigenvalue weighted by Crippen LogP contribution is 2.29. The molecule has 7 heteroatoms. The molecule has 1 heterocycles. The molecule has 28 heavy (non-hydrogen) atoms. The molecule has 1 fully saturated rings. The number of rotatable bonds is 8. The quantitative estimate of drug-likeness (QED) is 0.496. The zero-order valence-electron chi connectivity index (χ0n) is 15.7. The Kier molecular flexibility index (Phi) is 6.70. The molecule has 0 N–H and O–H groups in total. The summed E-state index contributed by atoms with van der Waals surface area (Å²) in [6.07, 6.45) is 0.317. The topological polar surface area (TPSA) is 78.9 Å². The fraction of sp³-hybridized carbons (Fsp3) is 0.381. The Morgan fingerprint density at radius 2 is 1.75 bits per heavy atom. The number of carbonyl (C=O) groups is 1. The van der Waals surface area contributed by atoms with Crippen LogP contribution in [0.3, 0.4) is 0 Å². The minimum Gasteiger partial charge on any atom is -0.453 e. The molecule has 150 valence electrons. The predicted octanol–water partition coefficient (Wildman–Crippen LogP) is 3.37. The highest BCUT2D eigenvalue weighted by molar-refractivity contribution is 7.92. The largest absolute Gasteiger partial charge is 0.453 e. The van der Waals surface area contributed by atoms with E-state index in [0.29, 0.717) is 12.4 Å². The van der Waals surface area contributed by atoms with Crippen LogP contribution in [-0.4, -0.2) is 38.6 Å². The molecule has 1 saturated heterocycles. The highest BCUT2D eigenvalue weighted by Gasteiger charge is 2.41. The van der Waals surface area contributed by atoms with Crippen molar-refractivity contribution in [3.63, 3.8) is 0 Å². The molecule has 0 radical (unpaired) electrons. The SMILES string of the molecule is CC(=O)OC(Oc1ccccc1)C(CC1CCCO1)S(=O)(=O)c1ccccc1. The monoisotopic (exact) mass is 404 g/mol. The van der Waals surface area contributed by atoms with Gasteiger partial charge in [-0.05, 0) is 43.5 Å². The minimum absolute atomic E-state index is 0.159. The van der Waals surface area contributed by atoms with Crippen LogP contribution in [0.25, 0.3) is 0 Å². The first-order chi connectivity index (χ1) is 13.5. The van der Waals surface area contributed by atoms with Crippen molar-refractivity contribution in [1.29, 1.82) is 0 Å². The highest BCUT2D eigenvalue weighted by atomic mass is 32.2. The maximum atomic E-state index is 13.4. The van der Waals surface area contributed by atoms with E-state index in [9.17, 15) is 13.2 Å². The molecular formula is C21H24O6S. The number of esters is 1. The molecule has 2 aromatic carbocycles. The summed E-state index contributed by atoms with van der Waals surface area (Å²) in [5, 5.41) is -1.10. The van der Waals surface area contributed by atoms with E-state index in [1.54, 1.807) is 42.5 Å². The zero-order chi connectivity index (χ0) is 20.0. The predicted molar refractivity (Wildman–Crippen MR) is 104 cm³/mol. The molecule has 0 amide bonds. The molecule has 1 aliphatic rings. The van der Waals surface area contributed by atoms with E-state index in [-0.39, 0.29) is 17.4 Å². The fourth-order valence-electron chi connectivity index (χ4n) is 3.23. The number of hydrogen-bond donors (Lipinski definition) is 0. The maximum Gasteiger partial charge on any atom is 0.305 e. The van der Waals surface area contributed by atoms with Crippen LogP contribution in [0.4, 0.5) is 0 Å². The van der Waals surface area contributed by atoms with Gasteiger partial charge in [-0.3, -0.25) is 4.79 Å². The first-order valence-corrected chi connectivity index (χ1v) is 10.8. The van der Waals surface area contributed by atoms with Crippen molar-refractivity contribution >= 4 is 15.8 Å². The fourth-order valence-corrected chi connectivity index (χ4v) is 4.99. The Morgan fingerprint density at radius 3 is 2.32 bits per heavy atom. The molecular weight excluding hydrogens is 380 g/mol. The number of benzene rings is 2. The van der Waals surface area contributed by atoms with Crippen LogP contribution in [0.5, 0.6) is 5.75 Å². The van der Waals surface area contributed by atoms with Crippen molar-refractivity contribution in [2.45, 2.75) is 48.7 Å². The molecule has 0 aliphatic carbocycles. The van der Waals surface area contributed by atoms with E-state index in [2.05, 4.69) is 0 Å². The van der Waals surface area contributed by atoms with E-state index in [0.717, 1.165) is 12.8 Å². The molecule has 3 atom stereocenters. The zero-order valence-corrected chi connectivity index (χ0v) is 16.5. The van der Waals surface area contributed by atoms with E-state index >= 15 is 0 Å². The Bertz CT molecular complexity index is 860. The lowest BCUT2D eigenvalue weighted by atomic mass is 10.1. The summed E-state index contributed by atoms with van der Waals surface area (Å²) in [5.41, 5.74) is 0. The van der Waals surface area contributed by atoms with Crippen LogP contribution in [0, 0.1) is 0 Å². The standard InChI is InChI=1S/C21H24O6S/c1-16(22)26-21(27-17-9-4-2-5-10-17)20(15-18-11-8-14-25-18)28(23,24)19-12-6-3-7-13-19/h2-7,9-10,12-13,18,20-21H,8,11,14-15H2,1H3. The van der Waals surface area contributed by atoms with Gasteiger partial charge in [-0.25, -0.2) is 8.42 Å². The van der Waals surface area contributed by atoms with E-state index in [4.69, 9.17) is 14.2 Å². The van der Waals surface area contributed by atoms with Crippen molar-refractivity contribution in [3.05, 3.63) is 60.7 Å². The third-order valence-corrected chi connectivity index (χ3v) is 6.71. The molecule has 3 unspecified atom stereocenters. The molecule has 2 aromatic rings. The van der Waals surface area contributed by atoms with Crippen LogP contribution < -0.4 is 4.74 Å². The van der Waals surface area contributed by atoms with Gasteiger partial charge in [-0.1, -0.05) is 36.4 Å². The molecule has 0 bridgehead atoms. The number of hydrogen-bond acceptors (Lipinski definition) is 6. The summed E-state index contributed by atoms with van der Waals surface area (Å²) in [6.45, 7) is 1.83. The van der Waals surface area contributed by atoms with Crippen molar-refractivity contribution in [2.24, 2.45) is 0 Å². The van der Waals surface area contributed by atoms with Crippen LogP contribution in [0.1, 0.15) is 26.2 Å². The number of sulfone groups is 1. The van der Waals surface area contributed by atoms with Gasteiger partial charge >= 0.3 is 5.97 Å². The second kappa shape index (κ2) is 9.21. The summed E-state index contributed by atoms with van der Waals surface area (Å²) >= 11 is 0. The molecule has 0 aromatic heterocycles. The van der Waals surface area contributed by atoms with Crippen molar-refractivity contribution in [1.82, 2.24) is 0 Å². The summed E-state index contributed by atoms with van der Waals surface area (Å²) in [4.78, 5) is 11.9. The van der Waals surface area contributed by atoms with Crippen molar-refractivity contribution in [3.8, 4) is 5.75 Å². The Morgan fingerprint density at radius 1 is 1.11 bits per heavy atom. The van der Waals surface area contributed by atoms with Crippen LogP contribution >= 0.6 is 0 Å². The second-order valence-corrected chi connectivity index (χ2v) is 8.84. The van der Waals surface area contributed by atoms with E-state index < -0.39 is 27.3 Å². The molecule has 6 nitrogen and oxygen atoms in total. The van der Waals surface area contributed by atoms with Gasteiger partial charge in [0.1, 0.15) is 11.0 Å². The van der Waals surface area contributed by atoms with Crippen LogP contribution in [0.15, 0.2) is 65.6 Å². The third-order valence-electron chi connectivity index (χ3n) is 4.57. The van der Waals surface area contributed by atoms with Gasteiger partial charge < -0.3 is 14.2 Å². The lowest BCUT2D eigenvalue weighted by Crippen LogP contribution is -2.43. The smallest absolute Gasteiger partial charge is 0.305 e. The maximum absolute atomic E-state index is 13.4. The van der Waals surface area contributed by atoms with Gasteiger partial charge in [0, 0.05) is 13.5 Å². The lowest BCUT2D eigenvalue weighted by molar-refractivity contribution is -0.161. The summed E-state index contributed by atoms with van der Waals surface area (Å²) < 4.78 is 43.6. The molecule has 0 saturated carbocycles. The van der Waals surface area contributed by atoms with Gasteiger partial charge in [0.15, 0.2) is 9.84 Å². The van der Waals surface area contributed by atoms with Crippen LogP contribution in [0.2, 0.25) is 0 Å². The minimum atomic E-state index is -3.84. The van der Waals surface area contributed by atoms with Crippen LogP contribution in [-0.2, 0) is 24.1 Å². The number of para-hydroxylation sites is 1. The lowest BCUT2D eigenvalue weighted by Gasteiger charge is -2.28. The average Bonchev–Trinajstić information content (AvgIpc) is 3.20. The van der Waals surface area contributed by atoms with Gasteiger partial charge in [0.25, 0.3) is 6.29 Å². The Hall–Kier alpha value is -2.38. The summed E-state index contributed by atoms with van der Waals surface area (Å²) in [5.74, 6) is -0.184. The molecule has 0 spiro atoms. The van der Waals surface area contributed by atoms with Gasteiger partial charge in [-0.15, -0.1) is 0 Å². The average molecular weight is 404 g/mol. The first kappa shape index (κ1) is 20.4. The third kappa shape index (κ3) is 5.11. The van der Waals surface area contributed by atoms with Gasteiger partial charge in [0.05, 0.1) is 11.0 Å². The van der Waals surface area contributed by atoms with E-state index in [1.165, 1.54) is 19.1 Å². The Labute approximate surface area is 165 Å². The van der Waals surface area contributed by atoms with E-state index in [1.807, 2.05) is 6.07 Å². The normalized spacial score (nSPS) is 19.0. The number of ether oxygens (including phenoxy) is 3. The van der Waals surface area contributed by atoms with Gasteiger partial charge in [0.2, 0.25) is 0 Å². The molecule has 1 aliphatic heterocycles. The molecule has 3 rings (SSSR count). The van der Waals surface area contributed by atoms with Crippen molar-refractivity contribution in [2.75, 3.05) is 6.61 Å². The van der Waals surface area contributed by atoms with Crippen molar-refractivity contribution < 1.29 is 27.4 Å². The summed E-state index contributed by atoms with van der Waals surface area (Å²) in [7, 11) is -3.84. The number of carbonyl (C=O) groups excluding carboxylic acids is 1. The Balaban J connectivity index is 1.96. The van der Waals surface area contributed by atoms with Gasteiger partial charge in [-0.2, -0.15) is 0 Å². The first-order valence-electron chi connectivity index (χ1n) is 9.26.